The zero-order chi connectivity index (χ0) is 16.4. The van der Waals surface area contributed by atoms with Gasteiger partial charge in [-0.3, -0.25) is 9.59 Å². The van der Waals surface area contributed by atoms with Crippen molar-refractivity contribution in [3.05, 3.63) is 35.4 Å². The molecule has 0 aliphatic carbocycles. The van der Waals surface area contributed by atoms with Crippen LogP contribution in [0.1, 0.15) is 63.6 Å². The summed E-state index contributed by atoms with van der Waals surface area (Å²) in [6.45, 7) is 6.35. The minimum atomic E-state index is 0.000611. The van der Waals surface area contributed by atoms with Crippen LogP contribution in [0.2, 0.25) is 0 Å². The highest BCUT2D eigenvalue weighted by Gasteiger charge is 2.09. The summed E-state index contributed by atoms with van der Waals surface area (Å²) < 4.78 is 0. The number of carbonyl (C=O) groups excluding carboxylic acids is 2. The molecule has 0 aliphatic rings. The lowest BCUT2D eigenvalue weighted by atomic mass is 10.0. The molecule has 1 aromatic carbocycles. The molecule has 4 nitrogen and oxygen atoms in total. The van der Waals surface area contributed by atoms with Crippen LogP contribution in [0.3, 0.4) is 0 Å². The Kier molecular flexibility index (Phi) is 8.26. The van der Waals surface area contributed by atoms with Crippen molar-refractivity contribution in [2.75, 3.05) is 6.54 Å². The first kappa shape index (κ1) is 18.2. The van der Waals surface area contributed by atoms with Crippen molar-refractivity contribution in [2.24, 2.45) is 0 Å². The Morgan fingerprint density at radius 3 is 2.36 bits per heavy atom. The smallest absolute Gasteiger partial charge is 0.220 e. The molecule has 22 heavy (non-hydrogen) atoms. The number of aryl methyl sites for hydroxylation is 1. The molecule has 0 heterocycles. The van der Waals surface area contributed by atoms with Gasteiger partial charge in [-0.1, -0.05) is 37.6 Å². The van der Waals surface area contributed by atoms with Gasteiger partial charge in [-0.15, -0.1) is 0 Å². The second-order valence-corrected chi connectivity index (χ2v) is 5.68. The van der Waals surface area contributed by atoms with E-state index in [1.54, 1.807) is 0 Å². The Balaban J connectivity index is 2.21. The number of nitrogens with one attached hydrogen (secondary N) is 2. The number of hydrogen-bond donors (Lipinski definition) is 2. The van der Waals surface area contributed by atoms with Crippen molar-refractivity contribution in [3.63, 3.8) is 0 Å². The molecule has 4 heteroatoms. The quantitative estimate of drug-likeness (QED) is 0.689. The summed E-state index contributed by atoms with van der Waals surface area (Å²) in [4.78, 5) is 22.6. The second-order valence-electron chi connectivity index (χ2n) is 5.68. The second kappa shape index (κ2) is 9.98. The third-order valence-corrected chi connectivity index (χ3v) is 3.72. The van der Waals surface area contributed by atoms with Gasteiger partial charge in [-0.25, -0.2) is 0 Å². The van der Waals surface area contributed by atoms with Crippen LogP contribution in [0, 0.1) is 0 Å². The molecule has 0 fully saturated rings. The van der Waals surface area contributed by atoms with Gasteiger partial charge in [0.05, 0.1) is 6.04 Å². The van der Waals surface area contributed by atoms with E-state index < -0.39 is 0 Å². The van der Waals surface area contributed by atoms with Crippen LogP contribution in [0.15, 0.2) is 24.3 Å². The SMILES string of the molecule is CCc1ccc(C(C)NC(=O)CCCCCNC(C)=O)cc1. The van der Waals surface area contributed by atoms with Crippen LogP contribution in [0.5, 0.6) is 0 Å². The number of unbranched alkanes of at least 4 members (excludes halogenated alkanes) is 2. The molecule has 0 bridgehead atoms. The first-order valence-electron chi connectivity index (χ1n) is 8.15. The first-order chi connectivity index (χ1) is 10.5. The molecule has 0 saturated carbocycles. The molecule has 0 aliphatic heterocycles. The van der Waals surface area contributed by atoms with Crippen LogP contribution in [-0.4, -0.2) is 18.4 Å². The van der Waals surface area contributed by atoms with E-state index in [1.165, 1.54) is 12.5 Å². The van der Waals surface area contributed by atoms with Crippen LogP contribution in [-0.2, 0) is 16.0 Å². The molecule has 122 valence electrons. The van der Waals surface area contributed by atoms with E-state index in [1.807, 2.05) is 6.92 Å². The maximum Gasteiger partial charge on any atom is 0.220 e. The normalized spacial score (nSPS) is 11.8. The van der Waals surface area contributed by atoms with Gasteiger partial charge in [-0.2, -0.15) is 0 Å². The number of benzene rings is 1. The topological polar surface area (TPSA) is 58.2 Å². The third-order valence-electron chi connectivity index (χ3n) is 3.72. The number of amides is 2. The van der Waals surface area contributed by atoms with Crippen LogP contribution < -0.4 is 10.6 Å². The van der Waals surface area contributed by atoms with Gasteiger partial charge >= 0.3 is 0 Å². The van der Waals surface area contributed by atoms with E-state index in [0.717, 1.165) is 31.2 Å². The molecule has 1 unspecified atom stereocenters. The summed E-state index contributed by atoms with van der Waals surface area (Å²) in [5.74, 6) is 0.0901. The molecule has 2 amide bonds. The van der Waals surface area contributed by atoms with Crippen molar-refractivity contribution in [1.82, 2.24) is 10.6 Å². The molecule has 0 spiro atoms. The molecule has 1 rings (SSSR count). The lowest BCUT2D eigenvalue weighted by Crippen LogP contribution is -2.26. The fourth-order valence-corrected chi connectivity index (χ4v) is 2.29. The van der Waals surface area contributed by atoms with Crippen LogP contribution >= 0.6 is 0 Å². The Morgan fingerprint density at radius 2 is 1.77 bits per heavy atom. The Bertz CT molecular complexity index is 468. The van der Waals surface area contributed by atoms with Crippen molar-refractivity contribution < 1.29 is 9.59 Å². The summed E-state index contributed by atoms with van der Waals surface area (Å²) in [6.07, 6.45) is 4.29. The highest BCUT2D eigenvalue weighted by atomic mass is 16.2. The molecule has 1 aromatic rings. The monoisotopic (exact) mass is 304 g/mol. The van der Waals surface area contributed by atoms with Crippen LogP contribution in [0.4, 0.5) is 0 Å². The summed E-state index contributed by atoms with van der Waals surface area (Å²) in [7, 11) is 0. The number of hydrogen-bond acceptors (Lipinski definition) is 2. The summed E-state index contributed by atoms with van der Waals surface area (Å²) in [6, 6.07) is 8.42. The third kappa shape index (κ3) is 7.25. The Morgan fingerprint density at radius 1 is 1.09 bits per heavy atom. The van der Waals surface area contributed by atoms with Gasteiger partial charge in [0.15, 0.2) is 0 Å². The summed E-state index contributed by atoms with van der Waals surface area (Å²) in [5, 5.41) is 5.79. The van der Waals surface area contributed by atoms with Crippen molar-refractivity contribution in [3.8, 4) is 0 Å². The van der Waals surface area contributed by atoms with E-state index in [9.17, 15) is 9.59 Å². The van der Waals surface area contributed by atoms with Crippen molar-refractivity contribution >= 4 is 11.8 Å². The van der Waals surface area contributed by atoms with Gasteiger partial charge in [0.2, 0.25) is 11.8 Å². The number of carbonyl (C=O) groups is 2. The Hall–Kier alpha value is -1.84. The molecule has 0 radical (unpaired) electrons. The van der Waals surface area contributed by atoms with E-state index in [0.29, 0.717) is 13.0 Å². The minimum absolute atomic E-state index is 0.000611. The maximum absolute atomic E-state index is 11.9. The molecule has 0 saturated heterocycles. The van der Waals surface area contributed by atoms with E-state index in [4.69, 9.17) is 0 Å². The van der Waals surface area contributed by atoms with Crippen molar-refractivity contribution in [1.29, 1.82) is 0 Å². The average Bonchev–Trinajstić information content (AvgIpc) is 2.50. The largest absolute Gasteiger partial charge is 0.356 e. The standard InChI is InChI=1S/C18H28N2O2/c1-4-16-9-11-17(12-10-16)14(2)20-18(22)8-6-5-7-13-19-15(3)21/h9-12,14H,4-8,13H2,1-3H3,(H,19,21)(H,20,22). The lowest BCUT2D eigenvalue weighted by molar-refractivity contribution is -0.122. The fraction of sp³-hybridized carbons (Fsp3) is 0.556. The predicted molar refractivity (Wildman–Crippen MR) is 89.5 cm³/mol. The van der Waals surface area contributed by atoms with Gasteiger partial charge in [-0.05, 0) is 37.3 Å². The lowest BCUT2D eigenvalue weighted by Gasteiger charge is -2.15. The molecule has 0 aromatic heterocycles. The number of rotatable bonds is 9. The maximum atomic E-state index is 11.9. The summed E-state index contributed by atoms with van der Waals surface area (Å²) >= 11 is 0. The van der Waals surface area contributed by atoms with Gasteiger partial charge in [0.1, 0.15) is 0 Å². The predicted octanol–water partition coefficient (Wildman–Crippen LogP) is 3.12. The molecule has 1 atom stereocenters. The first-order valence-corrected chi connectivity index (χ1v) is 8.15. The highest BCUT2D eigenvalue weighted by molar-refractivity contribution is 5.76. The average molecular weight is 304 g/mol. The zero-order valence-electron chi connectivity index (χ0n) is 13.9. The van der Waals surface area contributed by atoms with Crippen LogP contribution in [0.25, 0.3) is 0 Å². The Labute approximate surface area is 133 Å². The fourth-order valence-electron chi connectivity index (χ4n) is 2.29. The summed E-state index contributed by atoms with van der Waals surface area (Å²) in [5.41, 5.74) is 2.44. The highest BCUT2D eigenvalue weighted by Crippen LogP contribution is 2.14. The van der Waals surface area contributed by atoms with E-state index >= 15 is 0 Å². The van der Waals surface area contributed by atoms with Gasteiger partial charge < -0.3 is 10.6 Å². The van der Waals surface area contributed by atoms with Gasteiger partial charge in [0.25, 0.3) is 0 Å². The van der Waals surface area contributed by atoms with Gasteiger partial charge in [0, 0.05) is 19.9 Å². The minimum Gasteiger partial charge on any atom is -0.356 e. The van der Waals surface area contributed by atoms with E-state index in [-0.39, 0.29) is 17.9 Å². The van der Waals surface area contributed by atoms with E-state index in [2.05, 4.69) is 41.8 Å². The van der Waals surface area contributed by atoms with Crippen molar-refractivity contribution in [2.45, 2.75) is 58.9 Å². The zero-order valence-corrected chi connectivity index (χ0v) is 13.9. The molecule has 2 N–H and O–H groups in total. The molecular formula is C18H28N2O2. The molecular weight excluding hydrogens is 276 g/mol.